The van der Waals surface area contributed by atoms with E-state index in [0.29, 0.717) is 0 Å². The van der Waals surface area contributed by atoms with Gasteiger partial charge >= 0.3 is 0 Å². The monoisotopic (exact) mass is 365 g/mol. The highest BCUT2D eigenvalue weighted by molar-refractivity contribution is 8.00. The predicted octanol–water partition coefficient (Wildman–Crippen LogP) is 6.93. The number of nitrogens with zero attached hydrogens (tertiary/aromatic N) is 1. The molecule has 0 saturated carbocycles. The highest BCUT2D eigenvalue weighted by Gasteiger charge is 2.11. The molecular formula is C20H15NS3. The smallest absolute Gasteiger partial charge is 0.126 e. The molecule has 0 spiro atoms. The van der Waals surface area contributed by atoms with Crippen molar-refractivity contribution in [1.29, 1.82) is 0 Å². The second kappa shape index (κ2) is 6.93. The quantitative estimate of drug-likeness (QED) is 0.364. The van der Waals surface area contributed by atoms with Crippen molar-refractivity contribution in [3.8, 4) is 33.0 Å². The Morgan fingerprint density at radius 3 is 2.25 bits per heavy atom. The van der Waals surface area contributed by atoms with Crippen molar-refractivity contribution >= 4 is 34.4 Å². The van der Waals surface area contributed by atoms with Crippen LogP contribution in [0.15, 0.2) is 75.6 Å². The van der Waals surface area contributed by atoms with E-state index in [1.165, 1.54) is 20.9 Å². The molecule has 0 aliphatic carbocycles. The van der Waals surface area contributed by atoms with Crippen molar-refractivity contribution in [1.82, 2.24) is 4.98 Å². The molecule has 0 unspecified atom stereocenters. The van der Waals surface area contributed by atoms with E-state index in [1.807, 2.05) is 6.07 Å². The first-order valence-corrected chi connectivity index (χ1v) is 10.6. The summed E-state index contributed by atoms with van der Waals surface area (Å²) >= 11 is 5.28. The van der Waals surface area contributed by atoms with E-state index in [-0.39, 0.29) is 0 Å². The minimum atomic E-state index is 1.05. The molecule has 0 saturated heterocycles. The molecule has 4 heteroatoms. The Morgan fingerprint density at radius 2 is 1.50 bits per heavy atom. The molecule has 0 aliphatic heterocycles. The lowest BCUT2D eigenvalue weighted by molar-refractivity contribution is 1.39. The van der Waals surface area contributed by atoms with Gasteiger partial charge in [-0.15, -0.1) is 34.4 Å². The Kier molecular flexibility index (Phi) is 4.52. The van der Waals surface area contributed by atoms with Gasteiger partial charge in [0.05, 0.1) is 9.90 Å². The minimum Gasteiger partial charge on any atom is -0.236 e. The summed E-state index contributed by atoms with van der Waals surface area (Å²) in [5, 5.41) is 5.38. The Balaban J connectivity index is 1.63. The molecule has 118 valence electrons. The SMILES string of the molecule is CSc1sccc1-c1nc(-c2ccc(-c3ccccc3)cc2)cs1. The standard InChI is InChI=1S/C20H15NS3/c1-22-20-17(11-12-23-20)19-21-18(13-24-19)16-9-7-15(8-10-16)14-5-3-2-4-6-14/h2-13H,1H3. The predicted molar refractivity (Wildman–Crippen MR) is 108 cm³/mol. The molecule has 0 radical (unpaired) electrons. The van der Waals surface area contributed by atoms with Crippen molar-refractivity contribution in [3.05, 3.63) is 71.4 Å². The van der Waals surface area contributed by atoms with E-state index in [9.17, 15) is 0 Å². The summed E-state index contributed by atoms with van der Waals surface area (Å²) in [5.74, 6) is 0. The summed E-state index contributed by atoms with van der Waals surface area (Å²) in [6.45, 7) is 0. The van der Waals surface area contributed by atoms with Crippen LogP contribution in [0.1, 0.15) is 0 Å². The van der Waals surface area contributed by atoms with Gasteiger partial charge in [0.2, 0.25) is 0 Å². The minimum absolute atomic E-state index is 1.05. The molecule has 2 heterocycles. The maximum Gasteiger partial charge on any atom is 0.126 e. The molecule has 0 atom stereocenters. The molecule has 0 bridgehead atoms. The molecule has 0 amide bonds. The van der Waals surface area contributed by atoms with Crippen LogP contribution in [0.4, 0.5) is 0 Å². The molecule has 1 nitrogen and oxygen atoms in total. The third-order valence-electron chi connectivity index (χ3n) is 3.84. The van der Waals surface area contributed by atoms with Crippen LogP contribution in [0.3, 0.4) is 0 Å². The number of hydrogen-bond donors (Lipinski definition) is 0. The maximum atomic E-state index is 4.85. The van der Waals surface area contributed by atoms with E-state index in [1.54, 1.807) is 34.4 Å². The fourth-order valence-electron chi connectivity index (χ4n) is 2.61. The van der Waals surface area contributed by atoms with Crippen molar-refractivity contribution in [3.63, 3.8) is 0 Å². The zero-order chi connectivity index (χ0) is 16.4. The molecule has 0 N–H and O–H groups in total. The van der Waals surface area contributed by atoms with Gasteiger partial charge in [-0.1, -0.05) is 54.6 Å². The fraction of sp³-hybridized carbons (Fsp3) is 0.0500. The van der Waals surface area contributed by atoms with E-state index in [0.717, 1.165) is 16.3 Å². The Bertz CT molecular complexity index is 936. The van der Waals surface area contributed by atoms with E-state index in [4.69, 9.17) is 4.98 Å². The summed E-state index contributed by atoms with van der Waals surface area (Å²) in [6, 6.07) is 21.3. The second-order valence-electron chi connectivity index (χ2n) is 5.31. The van der Waals surface area contributed by atoms with Crippen molar-refractivity contribution < 1.29 is 0 Å². The highest BCUT2D eigenvalue weighted by atomic mass is 32.2. The van der Waals surface area contributed by atoms with Crippen LogP contribution in [0.25, 0.3) is 33.0 Å². The number of aromatic nitrogens is 1. The molecular weight excluding hydrogens is 350 g/mol. The van der Waals surface area contributed by atoms with Crippen LogP contribution >= 0.6 is 34.4 Å². The summed E-state index contributed by atoms with van der Waals surface area (Å²) in [7, 11) is 0. The maximum absolute atomic E-state index is 4.85. The second-order valence-corrected chi connectivity index (χ2v) is 8.16. The summed E-state index contributed by atoms with van der Waals surface area (Å²) in [6.07, 6.45) is 2.12. The van der Waals surface area contributed by atoms with Gasteiger partial charge in [0.25, 0.3) is 0 Å². The molecule has 24 heavy (non-hydrogen) atoms. The lowest BCUT2D eigenvalue weighted by atomic mass is 10.0. The summed E-state index contributed by atoms with van der Waals surface area (Å²) in [5.41, 5.74) is 5.94. The van der Waals surface area contributed by atoms with Gasteiger partial charge in [-0.05, 0) is 28.8 Å². The normalized spacial score (nSPS) is 10.9. The average Bonchev–Trinajstić information content (AvgIpc) is 3.31. The third-order valence-corrected chi connectivity index (χ3v) is 6.80. The Labute approximate surface area is 154 Å². The summed E-state index contributed by atoms with van der Waals surface area (Å²) in [4.78, 5) is 4.85. The van der Waals surface area contributed by atoms with Gasteiger partial charge in [0, 0.05) is 16.5 Å². The lowest BCUT2D eigenvalue weighted by Gasteiger charge is -2.03. The zero-order valence-electron chi connectivity index (χ0n) is 13.1. The van der Waals surface area contributed by atoms with Crippen LogP contribution in [-0.2, 0) is 0 Å². The molecule has 0 fully saturated rings. The first kappa shape index (κ1) is 15.6. The van der Waals surface area contributed by atoms with Crippen LogP contribution in [-0.4, -0.2) is 11.2 Å². The largest absolute Gasteiger partial charge is 0.236 e. The number of thiophene rings is 1. The van der Waals surface area contributed by atoms with Gasteiger partial charge < -0.3 is 0 Å². The third kappa shape index (κ3) is 3.05. The number of rotatable bonds is 4. The van der Waals surface area contributed by atoms with Crippen molar-refractivity contribution in [2.75, 3.05) is 6.26 Å². The van der Waals surface area contributed by atoms with Gasteiger partial charge in [0.15, 0.2) is 0 Å². The number of thioether (sulfide) groups is 1. The van der Waals surface area contributed by atoms with Gasteiger partial charge in [0.1, 0.15) is 5.01 Å². The van der Waals surface area contributed by atoms with Crippen LogP contribution in [0.2, 0.25) is 0 Å². The van der Waals surface area contributed by atoms with Crippen LogP contribution in [0, 0.1) is 0 Å². The number of thiazole rings is 1. The van der Waals surface area contributed by atoms with Crippen LogP contribution < -0.4 is 0 Å². The molecule has 4 aromatic rings. The van der Waals surface area contributed by atoms with E-state index < -0.39 is 0 Å². The zero-order valence-corrected chi connectivity index (χ0v) is 15.5. The first-order valence-electron chi connectivity index (χ1n) is 7.58. The van der Waals surface area contributed by atoms with Gasteiger partial charge in [-0.3, -0.25) is 0 Å². The van der Waals surface area contributed by atoms with Crippen molar-refractivity contribution in [2.24, 2.45) is 0 Å². The molecule has 2 aromatic heterocycles. The van der Waals surface area contributed by atoms with E-state index in [2.05, 4.69) is 71.6 Å². The number of hydrogen-bond acceptors (Lipinski definition) is 4. The number of benzene rings is 2. The Morgan fingerprint density at radius 1 is 0.792 bits per heavy atom. The average molecular weight is 366 g/mol. The van der Waals surface area contributed by atoms with Gasteiger partial charge in [-0.25, -0.2) is 4.98 Å². The fourth-order valence-corrected chi connectivity index (χ4v) is 5.15. The highest BCUT2D eigenvalue weighted by Crippen LogP contribution is 2.38. The van der Waals surface area contributed by atoms with Crippen molar-refractivity contribution in [2.45, 2.75) is 4.21 Å². The molecule has 0 aliphatic rings. The first-order chi connectivity index (χ1) is 11.8. The van der Waals surface area contributed by atoms with Crippen LogP contribution in [0.5, 0.6) is 0 Å². The topological polar surface area (TPSA) is 12.9 Å². The summed E-state index contributed by atoms with van der Waals surface area (Å²) < 4.78 is 1.33. The molecule has 4 rings (SSSR count). The van der Waals surface area contributed by atoms with E-state index >= 15 is 0 Å². The molecule has 2 aromatic carbocycles. The Hall–Kier alpha value is -1.88. The lowest BCUT2D eigenvalue weighted by Crippen LogP contribution is -1.81. The van der Waals surface area contributed by atoms with Gasteiger partial charge in [-0.2, -0.15) is 0 Å².